The van der Waals surface area contributed by atoms with Gasteiger partial charge in [0.25, 0.3) is 0 Å². The van der Waals surface area contributed by atoms with Crippen LogP contribution in [-0.4, -0.2) is 51.0 Å². The van der Waals surface area contributed by atoms with Crippen molar-refractivity contribution in [3.8, 4) is 11.5 Å². The zero-order valence-corrected chi connectivity index (χ0v) is 18.3. The Morgan fingerprint density at radius 2 is 2.03 bits per heavy atom. The largest absolute Gasteiger partial charge is 0.497 e. The number of Topliss-reactive ketones (excluding diaryl/α,β-unsaturated/α-hetero) is 1. The van der Waals surface area contributed by atoms with Crippen LogP contribution in [0.1, 0.15) is 50.5 Å². The maximum Gasteiger partial charge on any atom is 0.315 e. The molecule has 0 bridgehead atoms. The molecule has 0 saturated carbocycles. The highest BCUT2D eigenvalue weighted by atomic mass is 16.6. The molecule has 3 aliphatic rings. The van der Waals surface area contributed by atoms with Gasteiger partial charge in [0.1, 0.15) is 24.0 Å². The van der Waals surface area contributed by atoms with Crippen molar-refractivity contribution in [2.75, 3.05) is 27.4 Å². The third-order valence-electron chi connectivity index (χ3n) is 6.30. The molecule has 2 aliphatic heterocycles. The minimum atomic E-state index is -0.705. The molecule has 0 N–H and O–H groups in total. The average Bonchev–Trinajstić information content (AvgIpc) is 3.30. The van der Waals surface area contributed by atoms with Crippen molar-refractivity contribution >= 4 is 17.5 Å². The number of hydrogen-bond acceptors (Lipinski definition) is 7. The lowest BCUT2D eigenvalue weighted by Crippen LogP contribution is -2.38. The maximum atomic E-state index is 13.3. The summed E-state index contributed by atoms with van der Waals surface area (Å²) < 4.78 is 22.3. The molecule has 31 heavy (non-hydrogen) atoms. The SMILES string of the molecule is COc1ccc(OC)c([C@@H]2C3=C(CCCC3=O)N=C(C)C2C(=O)OC[C@H]2CCCO2)c1. The second kappa shape index (κ2) is 9.22. The van der Waals surface area contributed by atoms with Crippen molar-refractivity contribution in [1.82, 2.24) is 0 Å². The van der Waals surface area contributed by atoms with E-state index >= 15 is 0 Å². The molecule has 1 unspecified atom stereocenters. The minimum Gasteiger partial charge on any atom is -0.497 e. The smallest absolute Gasteiger partial charge is 0.315 e. The summed E-state index contributed by atoms with van der Waals surface area (Å²) in [5, 5.41) is 0. The van der Waals surface area contributed by atoms with E-state index in [4.69, 9.17) is 18.9 Å². The molecule has 1 aromatic carbocycles. The molecule has 2 heterocycles. The molecule has 0 amide bonds. The highest BCUT2D eigenvalue weighted by Crippen LogP contribution is 2.47. The highest BCUT2D eigenvalue weighted by Gasteiger charge is 2.44. The fourth-order valence-electron chi connectivity index (χ4n) is 4.77. The zero-order valence-electron chi connectivity index (χ0n) is 18.3. The van der Waals surface area contributed by atoms with E-state index in [0.29, 0.717) is 35.8 Å². The molecule has 0 radical (unpaired) electrons. The van der Waals surface area contributed by atoms with Crippen molar-refractivity contribution in [3.05, 3.63) is 35.0 Å². The average molecular weight is 427 g/mol. The highest BCUT2D eigenvalue weighted by molar-refractivity contribution is 6.09. The first-order chi connectivity index (χ1) is 15.0. The van der Waals surface area contributed by atoms with Gasteiger partial charge in [0.2, 0.25) is 0 Å². The summed E-state index contributed by atoms with van der Waals surface area (Å²) in [6.07, 6.45) is 3.73. The number of carbonyl (C=O) groups is 2. The lowest BCUT2D eigenvalue weighted by atomic mass is 9.71. The van der Waals surface area contributed by atoms with Crippen LogP contribution in [0.5, 0.6) is 11.5 Å². The van der Waals surface area contributed by atoms with Crippen LogP contribution in [0.2, 0.25) is 0 Å². The molecule has 0 aromatic heterocycles. The van der Waals surface area contributed by atoms with E-state index in [1.54, 1.807) is 26.4 Å². The molecule has 166 valence electrons. The first kappa shape index (κ1) is 21.6. The topological polar surface area (TPSA) is 83.4 Å². The summed E-state index contributed by atoms with van der Waals surface area (Å²) in [5.41, 5.74) is 2.76. The van der Waals surface area contributed by atoms with E-state index in [9.17, 15) is 9.59 Å². The quantitative estimate of drug-likeness (QED) is 0.645. The first-order valence-electron chi connectivity index (χ1n) is 10.8. The number of carbonyl (C=O) groups excluding carboxylic acids is 2. The van der Waals surface area contributed by atoms with Crippen LogP contribution in [0, 0.1) is 5.92 Å². The number of ether oxygens (including phenoxy) is 4. The van der Waals surface area contributed by atoms with Gasteiger partial charge in [0.05, 0.1) is 20.3 Å². The van der Waals surface area contributed by atoms with Crippen molar-refractivity contribution in [3.63, 3.8) is 0 Å². The van der Waals surface area contributed by atoms with Crippen LogP contribution in [0.4, 0.5) is 0 Å². The Morgan fingerprint density at radius 1 is 1.19 bits per heavy atom. The minimum absolute atomic E-state index is 0.0318. The second-order valence-electron chi connectivity index (χ2n) is 8.22. The van der Waals surface area contributed by atoms with Gasteiger partial charge in [0.15, 0.2) is 5.78 Å². The number of allylic oxidation sites excluding steroid dienone is 2. The van der Waals surface area contributed by atoms with Gasteiger partial charge in [0, 0.05) is 41.5 Å². The van der Waals surface area contributed by atoms with E-state index in [0.717, 1.165) is 36.9 Å². The van der Waals surface area contributed by atoms with Crippen LogP contribution in [0.25, 0.3) is 0 Å². The molecule has 1 aromatic rings. The van der Waals surface area contributed by atoms with Gasteiger partial charge in [-0.15, -0.1) is 0 Å². The maximum absolute atomic E-state index is 13.3. The van der Waals surface area contributed by atoms with Crippen LogP contribution in [0.3, 0.4) is 0 Å². The van der Waals surface area contributed by atoms with Crippen molar-refractivity contribution in [2.45, 2.75) is 51.0 Å². The Kier molecular flexibility index (Phi) is 6.41. The third-order valence-corrected chi connectivity index (χ3v) is 6.30. The Bertz CT molecular complexity index is 928. The van der Waals surface area contributed by atoms with E-state index in [1.807, 2.05) is 13.0 Å². The van der Waals surface area contributed by atoms with E-state index in [1.165, 1.54) is 0 Å². The van der Waals surface area contributed by atoms with Crippen LogP contribution < -0.4 is 9.47 Å². The Labute approximate surface area is 182 Å². The molecule has 1 aliphatic carbocycles. The Hall–Kier alpha value is -2.67. The second-order valence-corrected chi connectivity index (χ2v) is 8.22. The fourth-order valence-corrected chi connectivity index (χ4v) is 4.77. The summed E-state index contributed by atoms with van der Waals surface area (Å²) in [7, 11) is 3.17. The van der Waals surface area contributed by atoms with Gasteiger partial charge in [-0.05, 0) is 50.8 Å². The van der Waals surface area contributed by atoms with E-state index < -0.39 is 17.8 Å². The molecule has 7 heteroatoms. The van der Waals surface area contributed by atoms with Crippen molar-refractivity contribution in [1.29, 1.82) is 0 Å². The number of nitrogens with zero attached hydrogens (tertiary/aromatic N) is 1. The normalized spacial score (nSPS) is 25.7. The number of rotatable bonds is 6. The van der Waals surface area contributed by atoms with E-state index in [-0.39, 0.29) is 18.5 Å². The summed E-state index contributed by atoms with van der Waals surface area (Å²) in [6.45, 7) is 2.74. The lowest BCUT2D eigenvalue weighted by Gasteiger charge is -2.35. The molecule has 3 atom stereocenters. The standard InChI is InChI=1S/C24H29NO6/c1-14-21(24(27)31-13-16-6-5-11-30-16)22(23-18(25-14)7-4-8-19(23)26)17-12-15(28-2)9-10-20(17)29-3/h9-10,12,16,21-22H,4-8,11,13H2,1-3H3/t16-,21?,22+/m1/s1. The van der Waals surface area contributed by atoms with Gasteiger partial charge in [-0.1, -0.05) is 0 Å². The summed E-state index contributed by atoms with van der Waals surface area (Å²) >= 11 is 0. The number of benzene rings is 1. The molecule has 7 nitrogen and oxygen atoms in total. The van der Waals surface area contributed by atoms with Crippen molar-refractivity contribution < 1.29 is 28.5 Å². The van der Waals surface area contributed by atoms with Gasteiger partial charge in [-0.2, -0.15) is 0 Å². The monoisotopic (exact) mass is 427 g/mol. The molecule has 1 saturated heterocycles. The third kappa shape index (κ3) is 4.24. The number of hydrogen-bond donors (Lipinski definition) is 0. The fraction of sp³-hybridized carbons (Fsp3) is 0.542. The number of aliphatic imine (C=N–C) groups is 1. The predicted octanol–water partition coefficient (Wildman–Crippen LogP) is 3.61. The van der Waals surface area contributed by atoms with Gasteiger partial charge in [-0.25, -0.2) is 0 Å². The molecule has 0 spiro atoms. The van der Waals surface area contributed by atoms with E-state index in [2.05, 4.69) is 4.99 Å². The first-order valence-corrected chi connectivity index (χ1v) is 10.8. The Balaban J connectivity index is 1.76. The Morgan fingerprint density at radius 3 is 2.74 bits per heavy atom. The number of methoxy groups -OCH3 is 2. The predicted molar refractivity (Wildman–Crippen MR) is 115 cm³/mol. The molecule has 1 fully saturated rings. The van der Waals surface area contributed by atoms with Crippen molar-refractivity contribution in [2.24, 2.45) is 10.9 Å². The van der Waals surface area contributed by atoms with Crippen LogP contribution in [-0.2, 0) is 19.1 Å². The molecular weight excluding hydrogens is 398 g/mol. The summed E-state index contributed by atoms with van der Waals surface area (Å²) in [6, 6.07) is 5.45. The van der Waals surface area contributed by atoms with Gasteiger partial charge in [-0.3, -0.25) is 14.6 Å². The van der Waals surface area contributed by atoms with Crippen LogP contribution in [0.15, 0.2) is 34.5 Å². The molecule has 4 rings (SSSR count). The number of ketones is 1. The summed E-state index contributed by atoms with van der Waals surface area (Å²) in [4.78, 5) is 31.0. The zero-order chi connectivity index (χ0) is 22.0. The van der Waals surface area contributed by atoms with Crippen LogP contribution >= 0.6 is 0 Å². The number of esters is 1. The summed E-state index contributed by atoms with van der Waals surface area (Å²) in [5.74, 6) is -0.359. The van der Waals surface area contributed by atoms with Gasteiger partial charge < -0.3 is 18.9 Å². The lowest BCUT2D eigenvalue weighted by molar-refractivity contribution is -0.149. The van der Waals surface area contributed by atoms with Gasteiger partial charge >= 0.3 is 5.97 Å². The molecular formula is C24H29NO6.